The molecule has 0 saturated heterocycles. The van der Waals surface area contributed by atoms with E-state index in [-0.39, 0.29) is 0 Å². The molecule has 114 valence electrons. The minimum absolute atomic E-state index is 0.396. The molecule has 0 atom stereocenters. The van der Waals surface area contributed by atoms with Crippen LogP contribution < -0.4 is 9.47 Å². The Morgan fingerprint density at radius 1 is 1.09 bits per heavy atom. The van der Waals surface area contributed by atoms with Gasteiger partial charge in [-0.15, -0.1) is 0 Å². The monoisotopic (exact) mass is 298 g/mol. The molecule has 4 nitrogen and oxygen atoms in total. The number of carbonyl (C=O) groups excluding carboxylic acids is 2. The molecule has 0 amide bonds. The first-order valence-corrected chi connectivity index (χ1v) is 7.23. The van der Waals surface area contributed by atoms with E-state index in [2.05, 4.69) is 6.92 Å². The van der Waals surface area contributed by atoms with Crippen molar-refractivity contribution >= 4 is 12.3 Å². The Hall–Kier alpha value is -2.62. The molecule has 2 rings (SSSR count). The molecule has 0 aliphatic rings. The van der Waals surface area contributed by atoms with Crippen LogP contribution in [0.5, 0.6) is 11.5 Å². The quantitative estimate of drug-likeness (QED) is 0.337. The first kappa shape index (κ1) is 15.8. The van der Waals surface area contributed by atoms with Gasteiger partial charge in [0.05, 0.1) is 12.2 Å². The maximum atomic E-state index is 12.1. The fraction of sp³-hybridized carbons (Fsp3) is 0.222. The van der Waals surface area contributed by atoms with E-state index in [1.54, 1.807) is 42.5 Å². The van der Waals surface area contributed by atoms with Crippen molar-refractivity contribution in [2.45, 2.75) is 19.8 Å². The molecule has 0 aliphatic heterocycles. The summed E-state index contributed by atoms with van der Waals surface area (Å²) < 4.78 is 10.8. The fourth-order valence-electron chi connectivity index (χ4n) is 1.83. The number of aldehydes is 1. The van der Waals surface area contributed by atoms with Gasteiger partial charge in [-0.1, -0.05) is 19.4 Å². The molecular formula is C18H18O4. The zero-order valence-electron chi connectivity index (χ0n) is 12.5. The molecule has 0 heterocycles. The van der Waals surface area contributed by atoms with E-state index in [1.807, 2.05) is 6.07 Å². The molecular weight excluding hydrogens is 280 g/mol. The average Bonchev–Trinajstić information content (AvgIpc) is 2.56. The summed E-state index contributed by atoms with van der Waals surface area (Å²) in [6.07, 6.45) is 2.76. The summed E-state index contributed by atoms with van der Waals surface area (Å²) in [6, 6.07) is 13.3. The van der Waals surface area contributed by atoms with Gasteiger partial charge in [-0.25, -0.2) is 4.79 Å². The van der Waals surface area contributed by atoms with Crippen molar-refractivity contribution in [3.63, 3.8) is 0 Å². The first-order chi connectivity index (χ1) is 10.7. The smallest absolute Gasteiger partial charge is 0.343 e. The lowest BCUT2D eigenvalue weighted by Gasteiger charge is -2.08. The molecule has 0 N–H and O–H groups in total. The van der Waals surface area contributed by atoms with Gasteiger partial charge in [-0.05, 0) is 48.9 Å². The highest BCUT2D eigenvalue weighted by atomic mass is 16.5. The second kappa shape index (κ2) is 7.98. The van der Waals surface area contributed by atoms with Crippen molar-refractivity contribution in [3.05, 3.63) is 59.7 Å². The van der Waals surface area contributed by atoms with Crippen molar-refractivity contribution in [1.82, 2.24) is 0 Å². The van der Waals surface area contributed by atoms with Crippen LogP contribution in [0.15, 0.2) is 48.5 Å². The molecule has 0 spiro atoms. The summed E-state index contributed by atoms with van der Waals surface area (Å²) in [5.74, 6) is 0.590. The number of hydrogen-bond acceptors (Lipinski definition) is 4. The normalized spacial score (nSPS) is 10.0. The van der Waals surface area contributed by atoms with Crippen molar-refractivity contribution in [2.75, 3.05) is 6.61 Å². The molecule has 0 radical (unpaired) electrons. The van der Waals surface area contributed by atoms with Crippen molar-refractivity contribution in [2.24, 2.45) is 0 Å². The van der Waals surface area contributed by atoms with E-state index < -0.39 is 5.97 Å². The highest BCUT2D eigenvalue weighted by molar-refractivity contribution is 5.91. The van der Waals surface area contributed by atoms with Crippen LogP contribution in [0, 0.1) is 0 Å². The summed E-state index contributed by atoms with van der Waals surface area (Å²) in [7, 11) is 0. The van der Waals surface area contributed by atoms with E-state index in [9.17, 15) is 9.59 Å². The Bertz CT molecular complexity index is 632. The van der Waals surface area contributed by atoms with Gasteiger partial charge in [0, 0.05) is 5.56 Å². The molecule has 0 saturated carbocycles. The zero-order valence-corrected chi connectivity index (χ0v) is 12.5. The molecule has 4 heteroatoms. The Kier molecular flexibility index (Phi) is 5.72. The predicted octanol–water partition coefficient (Wildman–Crippen LogP) is 3.90. The standard InChI is InChI=1S/C18H18O4/c1-2-3-11-21-17-6-4-5-15(12-17)18(20)22-16-9-7-14(13-19)8-10-16/h4-10,12-13H,2-3,11H2,1H3. The molecule has 0 unspecified atom stereocenters. The number of benzene rings is 2. The lowest BCUT2D eigenvalue weighted by molar-refractivity contribution is 0.0734. The van der Waals surface area contributed by atoms with Crippen molar-refractivity contribution in [1.29, 1.82) is 0 Å². The maximum absolute atomic E-state index is 12.1. The molecule has 0 bridgehead atoms. The van der Waals surface area contributed by atoms with E-state index in [0.717, 1.165) is 19.1 Å². The summed E-state index contributed by atoms with van der Waals surface area (Å²) in [5.41, 5.74) is 0.958. The van der Waals surface area contributed by atoms with Crippen LogP contribution in [0.4, 0.5) is 0 Å². The van der Waals surface area contributed by atoms with Crippen LogP contribution >= 0.6 is 0 Å². The van der Waals surface area contributed by atoms with Crippen LogP contribution in [-0.4, -0.2) is 18.9 Å². The molecule has 0 aromatic heterocycles. The third kappa shape index (κ3) is 4.45. The van der Waals surface area contributed by atoms with Crippen molar-refractivity contribution < 1.29 is 19.1 Å². The van der Waals surface area contributed by atoms with Crippen molar-refractivity contribution in [3.8, 4) is 11.5 Å². The lowest BCUT2D eigenvalue weighted by Crippen LogP contribution is -2.09. The number of carbonyl (C=O) groups is 2. The van der Waals surface area contributed by atoms with Gasteiger partial charge in [-0.3, -0.25) is 4.79 Å². The zero-order chi connectivity index (χ0) is 15.8. The van der Waals surface area contributed by atoms with Gasteiger partial charge in [0.15, 0.2) is 0 Å². The second-order valence-corrected chi connectivity index (χ2v) is 4.81. The van der Waals surface area contributed by atoms with Gasteiger partial charge in [0.1, 0.15) is 17.8 Å². The third-order valence-corrected chi connectivity index (χ3v) is 3.06. The van der Waals surface area contributed by atoms with Gasteiger partial charge in [-0.2, -0.15) is 0 Å². The lowest BCUT2D eigenvalue weighted by atomic mass is 10.2. The SMILES string of the molecule is CCCCOc1cccc(C(=O)Oc2ccc(C=O)cc2)c1. The largest absolute Gasteiger partial charge is 0.494 e. The minimum atomic E-state index is -0.459. The van der Waals surface area contributed by atoms with Gasteiger partial charge in [0.25, 0.3) is 0 Å². The predicted molar refractivity (Wildman–Crippen MR) is 83.6 cm³/mol. The van der Waals surface area contributed by atoms with Crippen LogP contribution in [0.25, 0.3) is 0 Å². The molecule has 22 heavy (non-hydrogen) atoms. The number of esters is 1. The summed E-state index contributed by atoms with van der Waals surface area (Å²) in [6.45, 7) is 2.72. The van der Waals surface area contributed by atoms with Crippen LogP contribution in [-0.2, 0) is 0 Å². The topological polar surface area (TPSA) is 52.6 Å². The summed E-state index contributed by atoms with van der Waals surface area (Å²) >= 11 is 0. The van der Waals surface area contributed by atoms with Gasteiger partial charge >= 0.3 is 5.97 Å². The van der Waals surface area contributed by atoms with E-state index >= 15 is 0 Å². The number of unbranched alkanes of at least 4 members (excludes halogenated alkanes) is 1. The van der Waals surface area contributed by atoms with E-state index in [4.69, 9.17) is 9.47 Å². The first-order valence-electron chi connectivity index (χ1n) is 7.23. The highest BCUT2D eigenvalue weighted by Gasteiger charge is 2.09. The summed E-state index contributed by atoms with van der Waals surface area (Å²) in [4.78, 5) is 22.7. The van der Waals surface area contributed by atoms with Crippen LogP contribution in [0.3, 0.4) is 0 Å². The molecule has 2 aromatic rings. The number of hydrogen-bond donors (Lipinski definition) is 0. The fourth-order valence-corrected chi connectivity index (χ4v) is 1.83. The Balaban J connectivity index is 2.01. The molecule has 0 aliphatic carbocycles. The average molecular weight is 298 g/mol. The molecule has 0 fully saturated rings. The highest BCUT2D eigenvalue weighted by Crippen LogP contribution is 2.17. The van der Waals surface area contributed by atoms with Gasteiger partial charge in [0.2, 0.25) is 0 Å². The maximum Gasteiger partial charge on any atom is 0.343 e. The van der Waals surface area contributed by atoms with Crippen LogP contribution in [0.1, 0.15) is 40.5 Å². The third-order valence-electron chi connectivity index (χ3n) is 3.06. The number of rotatable bonds is 7. The minimum Gasteiger partial charge on any atom is -0.494 e. The molecule has 2 aromatic carbocycles. The van der Waals surface area contributed by atoms with E-state index in [1.165, 1.54) is 0 Å². The Labute approximate surface area is 129 Å². The van der Waals surface area contributed by atoms with E-state index in [0.29, 0.717) is 29.2 Å². The van der Waals surface area contributed by atoms with Gasteiger partial charge < -0.3 is 9.47 Å². The van der Waals surface area contributed by atoms with Crippen LogP contribution in [0.2, 0.25) is 0 Å². The second-order valence-electron chi connectivity index (χ2n) is 4.81. The Morgan fingerprint density at radius 2 is 1.86 bits per heavy atom. The Morgan fingerprint density at radius 3 is 2.55 bits per heavy atom. The summed E-state index contributed by atoms with van der Waals surface area (Å²) in [5, 5.41) is 0. The number of ether oxygens (including phenoxy) is 2.